The van der Waals surface area contributed by atoms with Crippen molar-refractivity contribution in [3.05, 3.63) is 78.9 Å². The molecule has 32 heavy (non-hydrogen) atoms. The standard InChI is InChI=1S/C27H37NO3S/c1-7-19-28(20(3)22-15-11-9-12-16-22)21(4)24(26(30)31-8-2)25(29)27(5,6)32-23-17-13-10-14-18-23/h7,9-18,20-21,24-25,29H,1,8,19H2,2-6H3/t20-,21-,24+,25+/m0/s1. The summed E-state index contributed by atoms with van der Waals surface area (Å²) < 4.78 is 4.84. The third-order valence-corrected chi connectivity index (χ3v) is 7.17. The Hall–Kier alpha value is -2.08. The van der Waals surface area contributed by atoms with Gasteiger partial charge in [0.25, 0.3) is 0 Å². The molecular weight excluding hydrogens is 418 g/mol. The molecule has 0 radical (unpaired) electrons. The van der Waals surface area contributed by atoms with Crippen LogP contribution in [0, 0.1) is 5.92 Å². The highest BCUT2D eigenvalue weighted by molar-refractivity contribution is 8.00. The summed E-state index contributed by atoms with van der Waals surface area (Å²) >= 11 is 1.57. The van der Waals surface area contributed by atoms with Crippen molar-refractivity contribution in [1.82, 2.24) is 4.90 Å². The predicted octanol–water partition coefficient (Wildman–Crippen LogP) is 5.74. The maximum atomic E-state index is 13.1. The van der Waals surface area contributed by atoms with Crippen LogP contribution in [0.5, 0.6) is 0 Å². The van der Waals surface area contributed by atoms with E-state index in [-0.39, 0.29) is 24.7 Å². The van der Waals surface area contributed by atoms with Crippen LogP contribution in [0.25, 0.3) is 0 Å². The van der Waals surface area contributed by atoms with Gasteiger partial charge in [0.15, 0.2) is 0 Å². The number of rotatable bonds is 12. The lowest BCUT2D eigenvalue weighted by atomic mass is 9.85. The van der Waals surface area contributed by atoms with Gasteiger partial charge in [-0.25, -0.2) is 0 Å². The Morgan fingerprint density at radius 1 is 1.12 bits per heavy atom. The van der Waals surface area contributed by atoms with Gasteiger partial charge >= 0.3 is 5.97 Å². The first-order chi connectivity index (χ1) is 15.2. The predicted molar refractivity (Wildman–Crippen MR) is 134 cm³/mol. The molecule has 0 heterocycles. The molecule has 0 bridgehead atoms. The van der Waals surface area contributed by atoms with Gasteiger partial charge in [-0.15, -0.1) is 18.3 Å². The van der Waals surface area contributed by atoms with E-state index < -0.39 is 16.8 Å². The van der Waals surface area contributed by atoms with Crippen LogP contribution < -0.4 is 0 Å². The summed E-state index contributed by atoms with van der Waals surface area (Å²) in [5, 5.41) is 11.6. The maximum absolute atomic E-state index is 13.1. The minimum Gasteiger partial charge on any atom is -0.466 e. The van der Waals surface area contributed by atoms with Crippen LogP contribution in [0.4, 0.5) is 0 Å². The number of hydrogen-bond acceptors (Lipinski definition) is 5. The molecule has 2 rings (SSSR count). The molecule has 0 spiro atoms. The summed E-state index contributed by atoms with van der Waals surface area (Å²) in [7, 11) is 0. The zero-order chi connectivity index (χ0) is 23.7. The van der Waals surface area contributed by atoms with E-state index in [2.05, 4.69) is 30.5 Å². The molecule has 0 aromatic heterocycles. The van der Waals surface area contributed by atoms with Gasteiger partial charge in [0.1, 0.15) is 0 Å². The summed E-state index contributed by atoms with van der Waals surface area (Å²) in [6.07, 6.45) is 0.922. The number of ether oxygens (including phenoxy) is 1. The number of carbonyl (C=O) groups is 1. The number of aliphatic hydroxyl groups excluding tert-OH is 1. The van der Waals surface area contributed by atoms with Crippen LogP contribution in [0.1, 0.15) is 46.2 Å². The van der Waals surface area contributed by atoms with E-state index in [4.69, 9.17) is 4.74 Å². The number of hydrogen-bond donors (Lipinski definition) is 1. The number of thioether (sulfide) groups is 1. The topological polar surface area (TPSA) is 49.8 Å². The molecule has 0 aliphatic carbocycles. The van der Waals surface area contributed by atoms with E-state index in [1.807, 2.05) is 75.4 Å². The molecule has 0 fully saturated rings. The average Bonchev–Trinajstić information content (AvgIpc) is 2.78. The number of esters is 1. The van der Waals surface area contributed by atoms with E-state index in [0.29, 0.717) is 6.54 Å². The van der Waals surface area contributed by atoms with Crippen LogP contribution in [-0.2, 0) is 9.53 Å². The molecular formula is C27H37NO3S. The summed E-state index contributed by atoms with van der Waals surface area (Å²) in [5.74, 6) is -1.09. The lowest BCUT2D eigenvalue weighted by molar-refractivity contribution is -0.156. The van der Waals surface area contributed by atoms with Crippen LogP contribution in [-0.4, -0.2) is 46.0 Å². The molecule has 0 saturated carbocycles. The molecule has 0 saturated heterocycles. The van der Waals surface area contributed by atoms with E-state index in [9.17, 15) is 9.90 Å². The zero-order valence-electron chi connectivity index (χ0n) is 19.9. The fourth-order valence-electron chi connectivity index (χ4n) is 4.07. The summed E-state index contributed by atoms with van der Waals surface area (Å²) in [4.78, 5) is 16.4. The molecule has 4 nitrogen and oxygen atoms in total. The second kappa shape index (κ2) is 12.2. The molecule has 4 atom stereocenters. The molecule has 2 aromatic carbocycles. The number of nitrogens with zero attached hydrogens (tertiary/aromatic N) is 1. The van der Waals surface area contributed by atoms with Crippen LogP contribution in [0.3, 0.4) is 0 Å². The molecule has 174 valence electrons. The summed E-state index contributed by atoms with van der Waals surface area (Å²) in [6.45, 7) is 14.7. The van der Waals surface area contributed by atoms with Crippen molar-refractivity contribution in [2.45, 2.75) is 62.4 Å². The van der Waals surface area contributed by atoms with E-state index >= 15 is 0 Å². The van der Waals surface area contributed by atoms with E-state index in [1.54, 1.807) is 18.7 Å². The van der Waals surface area contributed by atoms with Crippen molar-refractivity contribution in [1.29, 1.82) is 0 Å². The van der Waals surface area contributed by atoms with Gasteiger partial charge in [-0.2, -0.15) is 0 Å². The fourth-order valence-corrected chi connectivity index (χ4v) is 5.24. The Labute approximate surface area is 197 Å². The number of aliphatic hydroxyl groups is 1. The molecule has 0 amide bonds. The third kappa shape index (κ3) is 6.71. The number of benzene rings is 2. The van der Waals surface area contributed by atoms with Gasteiger partial charge in [-0.3, -0.25) is 9.69 Å². The third-order valence-electron chi connectivity index (χ3n) is 5.90. The normalized spacial score (nSPS) is 15.6. The first-order valence-electron chi connectivity index (χ1n) is 11.2. The lowest BCUT2D eigenvalue weighted by Crippen LogP contribution is -2.53. The van der Waals surface area contributed by atoms with Crippen molar-refractivity contribution in [3.8, 4) is 0 Å². The van der Waals surface area contributed by atoms with Gasteiger partial charge in [0.05, 0.1) is 18.6 Å². The van der Waals surface area contributed by atoms with Crippen LogP contribution in [0.2, 0.25) is 0 Å². The zero-order valence-corrected chi connectivity index (χ0v) is 20.7. The minimum atomic E-state index is -0.919. The van der Waals surface area contributed by atoms with Crippen LogP contribution >= 0.6 is 11.8 Å². The Balaban J connectivity index is 2.37. The van der Waals surface area contributed by atoms with Crippen molar-refractivity contribution < 1.29 is 14.6 Å². The number of carbonyl (C=O) groups excluding carboxylic acids is 1. The second-order valence-electron chi connectivity index (χ2n) is 8.55. The van der Waals surface area contributed by atoms with Crippen molar-refractivity contribution >= 4 is 17.7 Å². The van der Waals surface area contributed by atoms with E-state index in [1.165, 1.54) is 0 Å². The Kier molecular flexibility index (Phi) is 10.0. The molecule has 5 heteroatoms. The lowest BCUT2D eigenvalue weighted by Gasteiger charge is -2.42. The Morgan fingerprint density at radius 3 is 2.22 bits per heavy atom. The van der Waals surface area contributed by atoms with Crippen molar-refractivity contribution in [2.75, 3.05) is 13.2 Å². The van der Waals surface area contributed by atoms with Crippen molar-refractivity contribution in [2.24, 2.45) is 5.92 Å². The second-order valence-corrected chi connectivity index (χ2v) is 10.3. The SMILES string of the molecule is C=CCN([C@@H](C)c1ccccc1)[C@@H](C)[C@@H](C(=O)OCC)[C@@H](O)C(C)(C)Sc1ccccc1. The first-order valence-corrected chi connectivity index (χ1v) is 12.0. The Bertz CT molecular complexity index is 840. The van der Waals surface area contributed by atoms with Crippen LogP contribution in [0.15, 0.2) is 78.2 Å². The minimum absolute atomic E-state index is 0.0400. The highest BCUT2D eigenvalue weighted by Crippen LogP contribution is 2.40. The van der Waals surface area contributed by atoms with Gasteiger partial charge in [-0.1, -0.05) is 54.6 Å². The molecule has 0 unspecified atom stereocenters. The van der Waals surface area contributed by atoms with E-state index in [0.717, 1.165) is 10.5 Å². The maximum Gasteiger partial charge on any atom is 0.313 e. The molecule has 0 aliphatic rings. The molecule has 0 aliphatic heterocycles. The quantitative estimate of drug-likeness (QED) is 0.251. The van der Waals surface area contributed by atoms with Gasteiger partial charge in [-0.05, 0) is 52.3 Å². The summed E-state index contributed by atoms with van der Waals surface area (Å²) in [6, 6.07) is 19.9. The largest absolute Gasteiger partial charge is 0.466 e. The monoisotopic (exact) mass is 455 g/mol. The highest BCUT2D eigenvalue weighted by atomic mass is 32.2. The van der Waals surface area contributed by atoms with Crippen molar-refractivity contribution in [3.63, 3.8) is 0 Å². The van der Waals surface area contributed by atoms with Gasteiger partial charge < -0.3 is 9.84 Å². The summed E-state index contributed by atoms with van der Waals surface area (Å²) in [5.41, 5.74) is 1.15. The highest BCUT2D eigenvalue weighted by Gasteiger charge is 2.45. The average molecular weight is 456 g/mol. The Morgan fingerprint density at radius 2 is 1.69 bits per heavy atom. The smallest absolute Gasteiger partial charge is 0.313 e. The van der Waals surface area contributed by atoms with Gasteiger partial charge in [0, 0.05) is 28.3 Å². The van der Waals surface area contributed by atoms with Gasteiger partial charge in [0.2, 0.25) is 0 Å². The molecule has 1 N–H and O–H groups in total. The fraction of sp³-hybridized carbons (Fsp3) is 0.444. The first kappa shape index (κ1) is 26.2. The molecule has 2 aromatic rings.